The monoisotopic (exact) mass is 458 g/mol. The number of rotatable bonds is 7. The molecule has 2 heterocycles. The minimum absolute atomic E-state index is 0.0203. The molecule has 2 fully saturated rings. The molecule has 1 aromatic carbocycles. The second-order valence-corrected chi connectivity index (χ2v) is 10.0. The molecule has 7 heteroatoms. The topological polar surface area (TPSA) is 66.9 Å². The Morgan fingerprint density at radius 1 is 1.12 bits per heavy atom. The van der Waals surface area contributed by atoms with E-state index in [2.05, 4.69) is 0 Å². The molecular formula is C25H34N2O4S. The first-order chi connectivity index (χ1) is 15.3. The number of nitrogens with zero attached hydrogens (tertiary/aromatic N) is 2. The molecule has 32 heavy (non-hydrogen) atoms. The average Bonchev–Trinajstić information content (AvgIpc) is 3.20. The number of ether oxygens (including phenoxy) is 1. The van der Waals surface area contributed by atoms with Gasteiger partial charge in [0.15, 0.2) is 5.12 Å². The average molecular weight is 459 g/mol. The van der Waals surface area contributed by atoms with Crippen molar-refractivity contribution in [1.82, 2.24) is 9.80 Å². The molecule has 0 unspecified atom stereocenters. The molecule has 174 valence electrons. The van der Waals surface area contributed by atoms with Gasteiger partial charge in [0.1, 0.15) is 5.75 Å². The fourth-order valence-electron chi connectivity index (χ4n) is 4.53. The maximum absolute atomic E-state index is 12.8. The minimum atomic E-state index is -0.148. The van der Waals surface area contributed by atoms with E-state index < -0.39 is 0 Å². The molecule has 0 N–H and O–H groups in total. The number of benzene rings is 1. The number of hydrogen-bond acceptors (Lipinski definition) is 5. The van der Waals surface area contributed by atoms with E-state index in [0.29, 0.717) is 25.4 Å². The maximum atomic E-state index is 12.8. The van der Waals surface area contributed by atoms with E-state index >= 15 is 0 Å². The molecule has 0 aliphatic carbocycles. The largest absolute Gasteiger partial charge is 0.493 e. The highest BCUT2D eigenvalue weighted by Gasteiger charge is 2.43. The normalized spacial score (nSPS) is 18.8. The van der Waals surface area contributed by atoms with Crippen molar-refractivity contribution in [3.05, 3.63) is 35.9 Å². The summed E-state index contributed by atoms with van der Waals surface area (Å²) in [4.78, 5) is 40.6. The van der Waals surface area contributed by atoms with Crippen LogP contribution < -0.4 is 4.74 Å². The van der Waals surface area contributed by atoms with Gasteiger partial charge in [-0.1, -0.05) is 36.9 Å². The van der Waals surface area contributed by atoms with E-state index in [4.69, 9.17) is 4.74 Å². The Morgan fingerprint density at radius 3 is 2.44 bits per heavy atom. The minimum Gasteiger partial charge on any atom is -0.493 e. The molecule has 2 aliphatic rings. The number of likely N-dealkylation sites (tertiary alicyclic amines) is 2. The highest BCUT2D eigenvalue weighted by molar-refractivity contribution is 8.13. The molecule has 1 atom stereocenters. The van der Waals surface area contributed by atoms with E-state index in [0.717, 1.165) is 43.7 Å². The number of piperidine rings is 1. The number of amides is 2. The molecule has 0 bridgehead atoms. The quantitative estimate of drug-likeness (QED) is 0.581. The summed E-state index contributed by atoms with van der Waals surface area (Å²) in [6, 6.07) is 7.71. The van der Waals surface area contributed by atoms with Gasteiger partial charge in [0.25, 0.3) is 0 Å². The van der Waals surface area contributed by atoms with Gasteiger partial charge in [0, 0.05) is 56.4 Å². The highest BCUT2D eigenvalue weighted by Crippen LogP contribution is 2.41. The van der Waals surface area contributed by atoms with Gasteiger partial charge < -0.3 is 14.5 Å². The van der Waals surface area contributed by atoms with Crippen molar-refractivity contribution in [2.75, 3.05) is 38.5 Å². The summed E-state index contributed by atoms with van der Waals surface area (Å²) in [5.74, 6) is 1.34. The van der Waals surface area contributed by atoms with Gasteiger partial charge in [-0.3, -0.25) is 14.4 Å². The molecular weight excluding hydrogens is 424 g/mol. The summed E-state index contributed by atoms with van der Waals surface area (Å²) >= 11 is 1.22. The Kier molecular flexibility index (Phi) is 8.40. The summed E-state index contributed by atoms with van der Waals surface area (Å²) < 4.78 is 5.62. The van der Waals surface area contributed by atoms with E-state index in [1.54, 1.807) is 6.08 Å². The van der Waals surface area contributed by atoms with E-state index in [-0.39, 0.29) is 28.3 Å². The first kappa shape index (κ1) is 24.4. The lowest BCUT2D eigenvalue weighted by molar-refractivity contribution is -0.134. The third-order valence-corrected chi connectivity index (χ3v) is 7.54. The second-order valence-electron chi connectivity index (χ2n) is 8.84. The van der Waals surface area contributed by atoms with E-state index in [1.807, 2.05) is 54.0 Å². The van der Waals surface area contributed by atoms with Gasteiger partial charge in [-0.05, 0) is 43.7 Å². The summed E-state index contributed by atoms with van der Waals surface area (Å²) in [6.07, 6.45) is 6.29. The van der Waals surface area contributed by atoms with Crippen molar-refractivity contribution in [2.24, 2.45) is 11.3 Å². The van der Waals surface area contributed by atoms with Crippen molar-refractivity contribution in [1.29, 1.82) is 0 Å². The van der Waals surface area contributed by atoms with Crippen LogP contribution in [-0.2, 0) is 14.4 Å². The number of hydrogen-bond donors (Lipinski definition) is 0. The molecule has 2 amide bonds. The molecule has 0 radical (unpaired) electrons. The van der Waals surface area contributed by atoms with Crippen molar-refractivity contribution < 1.29 is 19.1 Å². The van der Waals surface area contributed by atoms with Crippen molar-refractivity contribution in [2.45, 2.75) is 40.0 Å². The van der Waals surface area contributed by atoms with Crippen LogP contribution in [0.5, 0.6) is 5.75 Å². The van der Waals surface area contributed by atoms with E-state index in [1.165, 1.54) is 18.7 Å². The number of carbonyl (C=O) groups excluding carboxylic acids is 3. The molecule has 2 saturated heterocycles. The van der Waals surface area contributed by atoms with Crippen molar-refractivity contribution in [3.8, 4) is 5.75 Å². The van der Waals surface area contributed by atoms with Gasteiger partial charge in [-0.25, -0.2) is 0 Å². The Bertz CT molecular complexity index is 861. The lowest BCUT2D eigenvalue weighted by Gasteiger charge is -2.39. The Labute approximate surface area is 195 Å². The SMILES string of the molecule is CCOc1ccccc1/C=C/C(=O)N1CCC2(CC1)CCN(C(=O)[C@H](C)CSC(C)=O)C2. The Balaban J connectivity index is 1.51. The van der Waals surface area contributed by atoms with Crippen LogP contribution >= 0.6 is 11.8 Å². The molecule has 0 aromatic heterocycles. The van der Waals surface area contributed by atoms with E-state index in [9.17, 15) is 14.4 Å². The lowest BCUT2D eigenvalue weighted by Crippen LogP contribution is -2.44. The summed E-state index contributed by atoms with van der Waals surface area (Å²) in [7, 11) is 0. The molecule has 3 rings (SSSR count). The predicted molar refractivity (Wildman–Crippen MR) is 128 cm³/mol. The van der Waals surface area contributed by atoms with Crippen LogP contribution in [0, 0.1) is 11.3 Å². The van der Waals surface area contributed by atoms with Crippen molar-refractivity contribution in [3.63, 3.8) is 0 Å². The first-order valence-corrected chi connectivity index (χ1v) is 12.4. The van der Waals surface area contributed by atoms with Crippen LogP contribution in [0.15, 0.2) is 30.3 Å². The predicted octanol–water partition coefficient (Wildman–Crippen LogP) is 3.86. The Hall–Kier alpha value is -2.28. The number of carbonyl (C=O) groups is 3. The van der Waals surface area contributed by atoms with Crippen molar-refractivity contribution >= 4 is 34.8 Å². The van der Waals surface area contributed by atoms with Gasteiger partial charge in [-0.15, -0.1) is 0 Å². The van der Waals surface area contributed by atoms with Crippen LogP contribution in [0.2, 0.25) is 0 Å². The third-order valence-electron chi connectivity index (χ3n) is 6.47. The fourth-order valence-corrected chi connectivity index (χ4v) is 5.16. The lowest BCUT2D eigenvalue weighted by atomic mass is 9.77. The van der Waals surface area contributed by atoms with Crippen LogP contribution in [0.4, 0.5) is 0 Å². The summed E-state index contributed by atoms with van der Waals surface area (Å²) in [5.41, 5.74) is 1.02. The molecule has 0 saturated carbocycles. The fraction of sp³-hybridized carbons (Fsp3) is 0.560. The van der Waals surface area contributed by atoms with Crippen LogP contribution in [0.1, 0.15) is 45.6 Å². The second kappa shape index (κ2) is 11.0. The van der Waals surface area contributed by atoms with Crippen LogP contribution in [0.3, 0.4) is 0 Å². The molecule has 1 aromatic rings. The molecule has 1 spiro atoms. The third kappa shape index (κ3) is 6.15. The van der Waals surface area contributed by atoms with Gasteiger partial charge in [-0.2, -0.15) is 0 Å². The smallest absolute Gasteiger partial charge is 0.246 e. The Morgan fingerprint density at radius 2 is 1.78 bits per heavy atom. The van der Waals surface area contributed by atoms with Crippen LogP contribution in [-0.4, -0.2) is 65.3 Å². The standard InChI is InChI=1S/C25H34N2O4S/c1-4-31-22-8-6-5-7-21(22)9-10-23(29)26-14-11-25(12-15-26)13-16-27(18-25)24(30)19(2)17-32-20(3)28/h5-10,19H,4,11-18H2,1-3H3/b10-9+/t19-/m1/s1. The zero-order valence-electron chi connectivity index (χ0n) is 19.3. The number of para-hydroxylation sites is 1. The summed E-state index contributed by atoms with van der Waals surface area (Å²) in [5, 5.41) is 0.0509. The van der Waals surface area contributed by atoms with Gasteiger partial charge >= 0.3 is 0 Å². The number of thioether (sulfide) groups is 1. The first-order valence-electron chi connectivity index (χ1n) is 11.4. The van der Waals surface area contributed by atoms with Gasteiger partial charge in [0.05, 0.1) is 6.61 Å². The molecule has 2 aliphatic heterocycles. The summed E-state index contributed by atoms with van der Waals surface area (Å²) in [6.45, 7) is 8.94. The van der Waals surface area contributed by atoms with Crippen LogP contribution in [0.25, 0.3) is 6.08 Å². The maximum Gasteiger partial charge on any atom is 0.246 e. The highest BCUT2D eigenvalue weighted by atomic mass is 32.2. The molecule has 6 nitrogen and oxygen atoms in total. The van der Waals surface area contributed by atoms with Gasteiger partial charge in [0.2, 0.25) is 11.8 Å². The zero-order valence-corrected chi connectivity index (χ0v) is 20.2. The zero-order chi connectivity index (χ0) is 23.1.